The summed E-state index contributed by atoms with van der Waals surface area (Å²) in [6, 6.07) is 14.3. The van der Waals surface area contributed by atoms with E-state index in [1.807, 2.05) is 0 Å². The van der Waals surface area contributed by atoms with Crippen LogP contribution in [0.2, 0.25) is 0 Å². The van der Waals surface area contributed by atoms with Crippen molar-refractivity contribution in [1.29, 1.82) is 0 Å². The second kappa shape index (κ2) is 7.76. The molecule has 0 aliphatic heterocycles. The van der Waals surface area contributed by atoms with Gasteiger partial charge in [-0.25, -0.2) is 9.18 Å². The average Bonchev–Trinajstić information content (AvgIpc) is 2.60. The summed E-state index contributed by atoms with van der Waals surface area (Å²) in [7, 11) is -3.15. The zero-order valence-electron chi connectivity index (χ0n) is 13.9. The zero-order chi connectivity index (χ0) is 18.5. The van der Waals surface area contributed by atoms with E-state index in [2.05, 4.69) is 4.74 Å². The highest BCUT2D eigenvalue weighted by Gasteiger charge is 2.42. The number of alkyl halides is 1. The number of hydrogen-bond donors (Lipinski definition) is 0. The fourth-order valence-electron chi connectivity index (χ4n) is 2.23. The second-order valence-corrected chi connectivity index (χ2v) is 7.26. The second-order valence-electron chi connectivity index (χ2n) is 5.65. The first kappa shape index (κ1) is 19.1. The molecule has 0 spiro atoms. The van der Waals surface area contributed by atoms with E-state index in [0.29, 0.717) is 5.56 Å². The number of hydrogen-bond acceptors (Lipinski definition) is 5. The molecule has 0 aromatic heterocycles. The number of aryl methyl sites for hydroxylation is 1. The maximum atomic E-state index is 15.1. The first-order valence-electron chi connectivity index (χ1n) is 7.54. The normalized spacial score (nSPS) is 13.9. The highest BCUT2D eigenvalue weighted by Crippen LogP contribution is 2.23. The van der Waals surface area contributed by atoms with Gasteiger partial charge in [0.2, 0.25) is 5.67 Å². The number of carbonyl (C=O) groups excluding carboxylic acids is 1. The van der Waals surface area contributed by atoms with Gasteiger partial charge in [-0.15, -0.1) is 0 Å². The SMILES string of the molecule is COC(=O)[C@@](F)(COS(=O)(=O)c1ccc(C)cc1)Cc1ccccc1. The Labute approximate surface area is 146 Å². The molecule has 0 aliphatic rings. The van der Waals surface area contributed by atoms with E-state index < -0.39 is 28.4 Å². The minimum atomic E-state index is -4.19. The number of esters is 1. The van der Waals surface area contributed by atoms with Crippen molar-refractivity contribution in [2.24, 2.45) is 0 Å². The lowest BCUT2D eigenvalue weighted by Crippen LogP contribution is -2.42. The van der Waals surface area contributed by atoms with Crippen molar-refractivity contribution in [2.75, 3.05) is 13.7 Å². The Balaban J connectivity index is 2.19. The first-order chi connectivity index (χ1) is 11.8. The van der Waals surface area contributed by atoms with Crippen LogP contribution >= 0.6 is 0 Å². The van der Waals surface area contributed by atoms with Crippen LogP contribution in [-0.4, -0.2) is 33.8 Å². The van der Waals surface area contributed by atoms with E-state index in [1.54, 1.807) is 49.4 Å². The molecule has 7 heteroatoms. The molecule has 2 aromatic rings. The Bertz CT molecular complexity index is 818. The third kappa shape index (κ3) is 4.87. The van der Waals surface area contributed by atoms with Crippen molar-refractivity contribution in [3.05, 3.63) is 65.7 Å². The maximum absolute atomic E-state index is 15.1. The zero-order valence-corrected chi connectivity index (χ0v) is 14.8. The highest BCUT2D eigenvalue weighted by atomic mass is 32.2. The molecule has 0 bridgehead atoms. The Morgan fingerprint density at radius 3 is 2.24 bits per heavy atom. The summed E-state index contributed by atoms with van der Waals surface area (Å²) in [5.41, 5.74) is -1.22. The van der Waals surface area contributed by atoms with E-state index >= 15 is 4.39 Å². The molecule has 2 aromatic carbocycles. The average molecular weight is 366 g/mol. The third-order valence-corrected chi connectivity index (χ3v) is 4.91. The van der Waals surface area contributed by atoms with Crippen molar-refractivity contribution >= 4 is 16.1 Å². The van der Waals surface area contributed by atoms with Crippen molar-refractivity contribution in [3.8, 4) is 0 Å². The standard InChI is InChI=1S/C18H19FO5S/c1-14-8-10-16(11-9-14)25(21,22)24-13-18(19,17(20)23-2)12-15-6-4-3-5-7-15/h3-11H,12-13H2,1-2H3/t18-/m0/s1. The van der Waals surface area contributed by atoms with Crippen LogP contribution in [0.15, 0.2) is 59.5 Å². The highest BCUT2D eigenvalue weighted by molar-refractivity contribution is 7.86. The van der Waals surface area contributed by atoms with Gasteiger partial charge in [0.15, 0.2) is 0 Å². The molecule has 0 heterocycles. The van der Waals surface area contributed by atoms with Gasteiger partial charge in [0.1, 0.15) is 6.61 Å². The molecule has 2 rings (SSSR count). The predicted octanol–water partition coefficient (Wildman–Crippen LogP) is 2.82. The topological polar surface area (TPSA) is 69.7 Å². The maximum Gasteiger partial charge on any atom is 0.346 e. The van der Waals surface area contributed by atoms with Gasteiger partial charge < -0.3 is 4.74 Å². The molecule has 134 valence electrons. The van der Waals surface area contributed by atoms with Gasteiger partial charge >= 0.3 is 5.97 Å². The van der Waals surface area contributed by atoms with E-state index in [4.69, 9.17) is 4.18 Å². The molecule has 0 saturated heterocycles. The van der Waals surface area contributed by atoms with Gasteiger partial charge in [-0.3, -0.25) is 4.18 Å². The summed E-state index contributed by atoms with van der Waals surface area (Å²) in [4.78, 5) is 11.8. The fourth-order valence-corrected chi connectivity index (χ4v) is 3.18. The lowest BCUT2D eigenvalue weighted by Gasteiger charge is -2.22. The van der Waals surface area contributed by atoms with Gasteiger partial charge in [-0.05, 0) is 24.6 Å². The molecule has 0 fully saturated rings. The Morgan fingerprint density at radius 2 is 1.68 bits per heavy atom. The minimum absolute atomic E-state index is 0.106. The monoisotopic (exact) mass is 366 g/mol. The van der Waals surface area contributed by atoms with Gasteiger partial charge in [-0.2, -0.15) is 8.42 Å². The number of carbonyl (C=O) groups is 1. The number of rotatable bonds is 7. The molecular weight excluding hydrogens is 347 g/mol. The summed E-state index contributed by atoms with van der Waals surface area (Å²) >= 11 is 0. The largest absolute Gasteiger partial charge is 0.467 e. The van der Waals surface area contributed by atoms with Crippen LogP contribution < -0.4 is 0 Å². The number of halogens is 1. The van der Waals surface area contributed by atoms with Crippen molar-refractivity contribution in [3.63, 3.8) is 0 Å². The molecule has 0 unspecified atom stereocenters. The summed E-state index contributed by atoms with van der Waals surface area (Å²) in [6.07, 6.45) is -0.357. The molecule has 0 amide bonds. The van der Waals surface area contributed by atoms with Crippen LogP contribution in [0.5, 0.6) is 0 Å². The molecule has 0 radical (unpaired) electrons. The summed E-state index contributed by atoms with van der Waals surface area (Å²) in [6.45, 7) is 0.839. The minimum Gasteiger partial charge on any atom is -0.467 e. The summed E-state index contributed by atoms with van der Waals surface area (Å²) in [5, 5.41) is 0. The summed E-state index contributed by atoms with van der Waals surface area (Å²) < 4.78 is 48.8. The van der Waals surface area contributed by atoms with Gasteiger partial charge in [0.25, 0.3) is 10.1 Å². The fraction of sp³-hybridized carbons (Fsp3) is 0.278. The smallest absolute Gasteiger partial charge is 0.346 e. The Morgan fingerprint density at radius 1 is 1.08 bits per heavy atom. The molecule has 25 heavy (non-hydrogen) atoms. The lowest BCUT2D eigenvalue weighted by molar-refractivity contribution is -0.156. The first-order valence-corrected chi connectivity index (χ1v) is 8.95. The molecule has 0 saturated carbocycles. The number of ether oxygens (including phenoxy) is 1. The Kier molecular flexibility index (Phi) is 5.92. The molecule has 0 N–H and O–H groups in total. The van der Waals surface area contributed by atoms with Crippen LogP contribution in [0, 0.1) is 6.92 Å². The van der Waals surface area contributed by atoms with Gasteiger partial charge in [0, 0.05) is 6.42 Å². The van der Waals surface area contributed by atoms with Crippen LogP contribution in [0.3, 0.4) is 0 Å². The Hall–Kier alpha value is -2.25. The van der Waals surface area contributed by atoms with E-state index in [-0.39, 0.29) is 11.3 Å². The molecule has 5 nitrogen and oxygen atoms in total. The number of benzene rings is 2. The quantitative estimate of drug-likeness (QED) is 0.557. The van der Waals surface area contributed by atoms with Crippen LogP contribution in [0.25, 0.3) is 0 Å². The van der Waals surface area contributed by atoms with Crippen molar-refractivity contribution in [2.45, 2.75) is 23.9 Å². The molecule has 0 aliphatic carbocycles. The summed E-state index contributed by atoms with van der Waals surface area (Å²) in [5.74, 6) is -1.18. The van der Waals surface area contributed by atoms with Crippen molar-refractivity contribution in [1.82, 2.24) is 0 Å². The molecule has 1 atom stereocenters. The number of methoxy groups -OCH3 is 1. The van der Waals surface area contributed by atoms with E-state index in [1.165, 1.54) is 12.1 Å². The van der Waals surface area contributed by atoms with E-state index in [0.717, 1.165) is 12.7 Å². The molecular formula is C18H19FO5S. The third-order valence-electron chi connectivity index (χ3n) is 3.63. The van der Waals surface area contributed by atoms with Gasteiger partial charge in [0.05, 0.1) is 12.0 Å². The lowest BCUT2D eigenvalue weighted by atomic mass is 9.97. The van der Waals surface area contributed by atoms with Crippen molar-refractivity contribution < 1.29 is 26.5 Å². The van der Waals surface area contributed by atoms with Crippen LogP contribution in [-0.2, 0) is 30.3 Å². The van der Waals surface area contributed by atoms with E-state index in [9.17, 15) is 13.2 Å². The van der Waals surface area contributed by atoms with Crippen LogP contribution in [0.4, 0.5) is 4.39 Å². The predicted molar refractivity (Wildman–Crippen MR) is 90.3 cm³/mol. The van der Waals surface area contributed by atoms with Gasteiger partial charge in [-0.1, -0.05) is 48.0 Å². The van der Waals surface area contributed by atoms with Crippen LogP contribution in [0.1, 0.15) is 11.1 Å².